The predicted octanol–water partition coefficient (Wildman–Crippen LogP) is 0.764. The van der Waals surface area contributed by atoms with Crippen LogP contribution in [0.2, 0.25) is 0 Å². The van der Waals surface area contributed by atoms with E-state index >= 15 is 0 Å². The van der Waals surface area contributed by atoms with Crippen LogP contribution < -0.4 is 11.5 Å². The Morgan fingerprint density at radius 1 is 1.18 bits per heavy atom. The molecular formula is C7H12N4. The molecule has 0 amide bonds. The van der Waals surface area contributed by atoms with E-state index in [1.54, 1.807) is 6.07 Å². The molecule has 0 saturated carbocycles. The van der Waals surface area contributed by atoms with Crippen molar-refractivity contribution in [2.75, 3.05) is 11.5 Å². The van der Waals surface area contributed by atoms with Crippen molar-refractivity contribution < 1.29 is 0 Å². The van der Waals surface area contributed by atoms with Crippen LogP contribution in [0.5, 0.6) is 0 Å². The Morgan fingerprint density at radius 3 is 2.00 bits per heavy atom. The molecule has 0 aliphatic rings. The highest BCUT2D eigenvalue weighted by Gasteiger charge is 2.03. The molecule has 1 rings (SSSR count). The molecule has 4 N–H and O–H groups in total. The van der Waals surface area contributed by atoms with Gasteiger partial charge in [-0.2, -0.15) is 0 Å². The Balaban J connectivity index is 3.08. The summed E-state index contributed by atoms with van der Waals surface area (Å²) in [5, 5.41) is 0. The molecule has 0 unspecified atom stereocenters. The third kappa shape index (κ3) is 1.80. The Labute approximate surface area is 65.6 Å². The topological polar surface area (TPSA) is 77.8 Å². The van der Waals surface area contributed by atoms with Gasteiger partial charge in [0.1, 0.15) is 17.5 Å². The van der Waals surface area contributed by atoms with E-state index in [0.29, 0.717) is 17.5 Å². The maximum absolute atomic E-state index is 5.47. The van der Waals surface area contributed by atoms with Gasteiger partial charge in [0, 0.05) is 12.0 Å². The highest BCUT2D eigenvalue weighted by atomic mass is 15.0. The first-order valence-corrected chi connectivity index (χ1v) is 3.49. The minimum Gasteiger partial charge on any atom is -0.384 e. The zero-order valence-corrected chi connectivity index (χ0v) is 6.70. The molecule has 4 heteroatoms. The SMILES string of the molecule is CC(C)c1nc(N)cc(N)n1. The van der Waals surface area contributed by atoms with Gasteiger partial charge in [-0.15, -0.1) is 0 Å². The number of nitrogens with two attached hydrogens (primary N) is 2. The van der Waals surface area contributed by atoms with Crippen LogP contribution in [-0.4, -0.2) is 9.97 Å². The first-order valence-electron chi connectivity index (χ1n) is 3.49. The van der Waals surface area contributed by atoms with Crippen LogP contribution in [0.15, 0.2) is 6.07 Å². The largest absolute Gasteiger partial charge is 0.384 e. The van der Waals surface area contributed by atoms with Crippen molar-refractivity contribution in [3.63, 3.8) is 0 Å². The third-order valence-electron chi connectivity index (χ3n) is 1.30. The van der Waals surface area contributed by atoms with Gasteiger partial charge in [-0.25, -0.2) is 9.97 Å². The van der Waals surface area contributed by atoms with Crippen molar-refractivity contribution >= 4 is 11.6 Å². The van der Waals surface area contributed by atoms with Crippen molar-refractivity contribution in [3.8, 4) is 0 Å². The number of nitrogens with zero attached hydrogens (tertiary/aromatic N) is 2. The fourth-order valence-corrected chi connectivity index (χ4v) is 0.764. The van der Waals surface area contributed by atoms with Crippen molar-refractivity contribution in [2.45, 2.75) is 19.8 Å². The highest BCUT2D eigenvalue weighted by Crippen LogP contribution is 2.12. The predicted molar refractivity (Wildman–Crippen MR) is 44.9 cm³/mol. The lowest BCUT2D eigenvalue weighted by Crippen LogP contribution is -2.04. The Bertz CT molecular complexity index is 236. The third-order valence-corrected chi connectivity index (χ3v) is 1.30. The standard InChI is InChI=1S/C7H12N4/c1-4(2)7-10-5(8)3-6(9)11-7/h3-4H,1-2H3,(H4,8,9,10,11). The monoisotopic (exact) mass is 152 g/mol. The van der Waals surface area contributed by atoms with E-state index in [1.165, 1.54) is 0 Å². The van der Waals surface area contributed by atoms with Gasteiger partial charge in [0.25, 0.3) is 0 Å². The second kappa shape index (κ2) is 2.74. The van der Waals surface area contributed by atoms with E-state index in [2.05, 4.69) is 9.97 Å². The summed E-state index contributed by atoms with van der Waals surface area (Å²) in [4.78, 5) is 8.04. The van der Waals surface area contributed by atoms with Gasteiger partial charge in [0.2, 0.25) is 0 Å². The van der Waals surface area contributed by atoms with E-state index in [0.717, 1.165) is 0 Å². The first-order chi connectivity index (χ1) is 5.09. The summed E-state index contributed by atoms with van der Waals surface area (Å²) in [7, 11) is 0. The number of hydrogen-bond donors (Lipinski definition) is 2. The number of hydrogen-bond acceptors (Lipinski definition) is 4. The van der Waals surface area contributed by atoms with Gasteiger partial charge >= 0.3 is 0 Å². The Kier molecular flexibility index (Phi) is 1.94. The molecular weight excluding hydrogens is 140 g/mol. The molecule has 11 heavy (non-hydrogen) atoms. The lowest BCUT2D eigenvalue weighted by molar-refractivity contribution is 0.779. The molecule has 0 spiro atoms. The number of aromatic nitrogens is 2. The molecule has 0 saturated heterocycles. The molecule has 0 bridgehead atoms. The van der Waals surface area contributed by atoms with Crippen LogP contribution >= 0.6 is 0 Å². The minimum atomic E-state index is 0.265. The molecule has 0 atom stereocenters. The number of rotatable bonds is 1. The quantitative estimate of drug-likeness (QED) is 0.622. The molecule has 60 valence electrons. The molecule has 0 aliphatic heterocycles. The van der Waals surface area contributed by atoms with Gasteiger partial charge in [0.15, 0.2) is 0 Å². The normalized spacial score (nSPS) is 10.5. The zero-order valence-electron chi connectivity index (χ0n) is 6.70. The van der Waals surface area contributed by atoms with Gasteiger partial charge in [-0.1, -0.05) is 13.8 Å². The summed E-state index contributed by atoms with van der Waals surface area (Å²) < 4.78 is 0. The van der Waals surface area contributed by atoms with Crippen molar-refractivity contribution in [1.82, 2.24) is 9.97 Å². The van der Waals surface area contributed by atoms with Gasteiger partial charge < -0.3 is 11.5 Å². The fourth-order valence-electron chi connectivity index (χ4n) is 0.764. The van der Waals surface area contributed by atoms with Crippen LogP contribution in [0.3, 0.4) is 0 Å². The van der Waals surface area contributed by atoms with E-state index in [4.69, 9.17) is 11.5 Å². The molecule has 0 fully saturated rings. The molecule has 0 aromatic carbocycles. The van der Waals surface area contributed by atoms with E-state index in [9.17, 15) is 0 Å². The van der Waals surface area contributed by atoms with Crippen molar-refractivity contribution in [1.29, 1.82) is 0 Å². The second-order valence-corrected chi connectivity index (χ2v) is 2.73. The average Bonchev–Trinajstić information content (AvgIpc) is 1.85. The first kappa shape index (κ1) is 7.78. The summed E-state index contributed by atoms with van der Waals surface area (Å²) >= 11 is 0. The van der Waals surface area contributed by atoms with Crippen LogP contribution in [0.1, 0.15) is 25.6 Å². The van der Waals surface area contributed by atoms with E-state index < -0.39 is 0 Å². The van der Waals surface area contributed by atoms with Crippen LogP contribution in [0, 0.1) is 0 Å². The molecule has 1 aromatic heterocycles. The molecule has 0 aliphatic carbocycles. The fraction of sp³-hybridized carbons (Fsp3) is 0.429. The summed E-state index contributed by atoms with van der Waals surface area (Å²) in [5.74, 6) is 1.82. The molecule has 0 radical (unpaired) electrons. The second-order valence-electron chi connectivity index (χ2n) is 2.73. The summed E-state index contributed by atoms with van der Waals surface area (Å²) in [6.45, 7) is 3.99. The molecule has 1 heterocycles. The maximum Gasteiger partial charge on any atom is 0.135 e. The Hall–Kier alpha value is -1.32. The summed E-state index contributed by atoms with van der Waals surface area (Å²) in [5.41, 5.74) is 10.9. The lowest BCUT2D eigenvalue weighted by Gasteiger charge is -2.04. The van der Waals surface area contributed by atoms with Crippen LogP contribution in [0.25, 0.3) is 0 Å². The van der Waals surface area contributed by atoms with Crippen LogP contribution in [-0.2, 0) is 0 Å². The number of nitrogen functional groups attached to an aromatic ring is 2. The average molecular weight is 152 g/mol. The minimum absolute atomic E-state index is 0.265. The summed E-state index contributed by atoms with van der Waals surface area (Å²) in [6.07, 6.45) is 0. The summed E-state index contributed by atoms with van der Waals surface area (Å²) in [6, 6.07) is 1.55. The highest BCUT2D eigenvalue weighted by molar-refractivity contribution is 5.41. The van der Waals surface area contributed by atoms with Crippen LogP contribution in [0.4, 0.5) is 11.6 Å². The lowest BCUT2D eigenvalue weighted by atomic mass is 10.2. The molecule has 4 nitrogen and oxygen atoms in total. The van der Waals surface area contributed by atoms with Crippen molar-refractivity contribution in [2.24, 2.45) is 0 Å². The van der Waals surface area contributed by atoms with Gasteiger partial charge in [0.05, 0.1) is 0 Å². The van der Waals surface area contributed by atoms with Gasteiger partial charge in [-0.3, -0.25) is 0 Å². The van der Waals surface area contributed by atoms with Crippen molar-refractivity contribution in [3.05, 3.63) is 11.9 Å². The van der Waals surface area contributed by atoms with Gasteiger partial charge in [-0.05, 0) is 0 Å². The molecule has 1 aromatic rings. The van der Waals surface area contributed by atoms with E-state index in [-0.39, 0.29) is 5.92 Å². The Morgan fingerprint density at radius 2 is 1.64 bits per heavy atom. The smallest absolute Gasteiger partial charge is 0.135 e. The van der Waals surface area contributed by atoms with E-state index in [1.807, 2.05) is 13.8 Å². The zero-order chi connectivity index (χ0) is 8.43. The maximum atomic E-state index is 5.47. The number of anilines is 2.